The quantitative estimate of drug-likeness (QED) is 0.188. The number of rotatable bonds is 2. The van der Waals surface area contributed by atoms with Gasteiger partial charge in [0.1, 0.15) is 0 Å². The molecule has 6 aromatic carbocycles. The Morgan fingerprint density at radius 1 is 0.404 bits per heavy atom. The van der Waals surface area contributed by atoms with Crippen molar-refractivity contribution in [3.63, 3.8) is 0 Å². The Kier molecular flexibility index (Phi) is 6.82. The molecule has 0 fully saturated rings. The van der Waals surface area contributed by atoms with Crippen LogP contribution in [-0.2, 0) is 10.8 Å². The van der Waals surface area contributed by atoms with Crippen molar-refractivity contribution in [2.24, 2.45) is 0 Å². The summed E-state index contributed by atoms with van der Waals surface area (Å²) in [6.07, 6.45) is 0. The summed E-state index contributed by atoms with van der Waals surface area (Å²) in [5, 5.41) is 2.61. The maximum atomic E-state index is 2.45. The Hall–Kier alpha value is -4.86. The number of benzene rings is 6. The van der Waals surface area contributed by atoms with Crippen LogP contribution >= 0.6 is 11.3 Å². The lowest BCUT2D eigenvalue weighted by atomic mass is 9.73. The maximum Gasteiger partial charge on any atom is 0.0502 e. The molecule has 0 spiro atoms. The molecular weight excluding hydrogens is 589 g/mol. The van der Waals surface area contributed by atoms with E-state index in [2.05, 4.69) is 171 Å². The zero-order valence-electron chi connectivity index (χ0n) is 28.0. The Morgan fingerprint density at radius 2 is 0.787 bits per heavy atom. The Labute approximate surface area is 282 Å². The number of para-hydroxylation sites is 4. The van der Waals surface area contributed by atoms with Gasteiger partial charge in [-0.25, -0.2) is 0 Å². The minimum Gasteiger partial charge on any atom is -0.310 e. The highest BCUT2D eigenvalue weighted by molar-refractivity contribution is 7.25. The van der Waals surface area contributed by atoms with Gasteiger partial charge in [0, 0.05) is 42.4 Å². The lowest BCUT2D eigenvalue weighted by Gasteiger charge is -2.42. The average Bonchev–Trinajstić information content (AvgIpc) is 3.47. The molecule has 0 atom stereocenters. The van der Waals surface area contributed by atoms with Crippen molar-refractivity contribution in [1.82, 2.24) is 0 Å². The van der Waals surface area contributed by atoms with E-state index in [0.29, 0.717) is 0 Å². The minimum absolute atomic E-state index is 0.0668. The van der Waals surface area contributed by atoms with Crippen LogP contribution in [0.3, 0.4) is 0 Å². The molecule has 232 valence electrons. The molecule has 9 rings (SSSR count). The van der Waals surface area contributed by atoms with E-state index in [-0.39, 0.29) is 10.8 Å². The molecule has 0 unspecified atom stereocenters. The largest absolute Gasteiger partial charge is 0.310 e. The van der Waals surface area contributed by atoms with E-state index in [4.69, 9.17) is 0 Å². The van der Waals surface area contributed by atoms with E-state index in [1.165, 1.54) is 76.6 Å². The highest BCUT2D eigenvalue weighted by atomic mass is 32.1. The predicted octanol–water partition coefficient (Wildman–Crippen LogP) is 13.3. The first-order chi connectivity index (χ1) is 22.8. The average molecular weight is 629 g/mol. The van der Waals surface area contributed by atoms with Crippen molar-refractivity contribution in [2.45, 2.75) is 52.4 Å². The molecule has 0 saturated carbocycles. The predicted molar refractivity (Wildman–Crippen MR) is 204 cm³/mol. The van der Waals surface area contributed by atoms with Crippen LogP contribution in [0, 0.1) is 0 Å². The van der Waals surface area contributed by atoms with Gasteiger partial charge in [0.2, 0.25) is 0 Å². The van der Waals surface area contributed by atoms with E-state index >= 15 is 0 Å². The fraction of sp³-hybridized carbons (Fsp3) is 0.182. The Morgan fingerprint density at radius 3 is 1.23 bits per heavy atom. The minimum atomic E-state index is -0.0693. The molecule has 7 aromatic rings. The normalized spacial score (nSPS) is 15.3. The Balaban J connectivity index is 0.00000159. The molecule has 0 N–H and O–H groups in total. The van der Waals surface area contributed by atoms with Crippen LogP contribution in [0.2, 0.25) is 0 Å². The molecule has 0 saturated heterocycles. The highest BCUT2D eigenvalue weighted by Crippen LogP contribution is 2.54. The van der Waals surface area contributed by atoms with Crippen molar-refractivity contribution < 1.29 is 0 Å². The van der Waals surface area contributed by atoms with E-state index < -0.39 is 0 Å². The van der Waals surface area contributed by atoms with Crippen molar-refractivity contribution in [1.29, 1.82) is 0 Å². The van der Waals surface area contributed by atoms with Crippen LogP contribution < -0.4 is 9.80 Å². The topological polar surface area (TPSA) is 6.48 Å². The van der Waals surface area contributed by atoms with E-state index in [0.717, 1.165) is 0 Å². The zero-order chi connectivity index (χ0) is 32.5. The van der Waals surface area contributed by atoms with Gasteiger partial charge in [-0.3, -0.25) is 0 Å². The third-order valence-electron chi connectivity index (χ3n) is 10.2. The van der Waals surface area contributed by atoms with Gasteiger partial charge in [0.25, 0.3) is 0 Å². The van der Waals surface area contributed by atoms with Gasteiger partial charge in [-0.2, -0.15) is 0 Å². The number of fused-ring (bicyclic) bond motifs is 7. The summed E-state index contributed by atoms with van der Waals surface area (Å²) in [4.78, 5) is 4.91. The van der Waals surface area contributed by atoms with Crippen molar-refractivity contribution in [3.05, 3.63) is 156 Å². The number of hydrogen-bond donors (Lipinski definition) is 0. The first-order valence-electron chi connectivity index (χ1n) is 16.8. The van der Waals surface area contributed by atoms with Gasteiger partial charge >= 0.3 is 0 Å². The lowest BCUT2D eigenvalue weighted by Crippen LogP contribution is -2.30. The summed E-state index contributed by atoms with van der Waals surface area (Å²) in [5.74, 6) is 0. The van der Waals surface area contributed by atoms with Gasteiger partial charge in [0.05, 0.1) is 22.7 Å². The summed E-state index contributed by atoms with van der Waals surface area (Å²) in [7, 11) is 0. The van der Waals surface area contributed by atoms with Gasteiger partial charge < -0.3 is 9.80 Å². The molecule has 2 aliphatic rings. The first-order valence-corrected chi connectivity index (χ1v) is 17.6. The molecular formula is C44H40N2S. The van der Waals surface area contributed by atoms with E-state index in [1.807, 2.05) is 25.2 Å². The molecule has 47 heavy (non-hydrogen) atoms. The third kappa shape index (κ3) is 4.29. The molecule has 3 heteroatoms. The monoisotopic (exact) mass is 628 g/mol. The summed E-state index contributed by atoms with van der Waals surface area (Å²) in [5.41, 5.74) is 12.7. The van der Waals surface area contributed by atoms with Crippen molar-refractivity contribution in [3.8, 4) is 0 Å². The van der Waals surface area contributed by atoms with Gasteiger partial charge in [-0.1, -0.05) is 120 Å². The van der Waals surface area contributed by atoms with Crippen LogP contribution in [0.4, 0.5) is 34.1 Å². The SMILES string of the molecule is CC.CC1(C)c2ccccc2N(c2ccc3c(c2)sc2ccc(N4c5ccccc5C(C)(C)c5ccccc54)cc23)c2ccccc21. The fourth-order valence-electron chi connectivity index (χ4n) is 7.93. The summed E-state index contributed by atoms with van der Waals surface area (Å²) >= 11 is 1.88. The second-order valence-corrected chi connectivity index (χ2v) is 14.5. The number of anilines is 6. The molecule has 0 amide bonds. The second kappa shape index (κ2) is 10.9. The van der Waals surface area contributed by atoms with Crippen LogP contribution in [0.15, 0.2) is 133 Å². The number of thiophene rings is 1. The first kappa shape index (κ1) is 29.5. The standard InChI is InChI=1S/C42H34N2S.C2H6/c1-41(2)31-13-5-9-17-35(31)43(36-18-10-6-14-32(36)41)27-22-24-39-30(25-27)29-23-21-28(26-40(29)45-39)44-37-19-11-7-15-33(37)42(3,4)34-16-8-12-20-38(34)44;1-2/h5-26H,1-4H3;1-2H3. The van der Waals surface area contributed by atoms with Crippen LogP contribution in [0.25, 0.3) is 20.2 Å². The van der Waals surface area contributed by atoms with Crippen LogP contribution in [-0.4, -0.2) is 0 Å². The lowest BCUT2D eigenvalue weighted by molar-refractivity contribution is 0.632. The molecule has 0 bridgehead atoms. The molecule has 2 nitrogen and oxygen atoms in total. The fourth-order valence-corrected chi connectivity index (χ4v) is 9.05. The van der Waals surface area contributed by atoms with E-state index in [1.54, 1.807) is 0 Å². The molecule has 0 radical (unpaired) electrons. The highest BCUT2D eigenvalue weighted by Gasteiger charge is 2.38. The summed E-state index contributed by atoms with van der Waals surface area (Å²) in [6, 6.07) is 49.6. The van der Waals surface area contributed by atoms with E-state index in [9.17, 15) is 0 Å². The molecule has 1 aromatic heterocycles. The number of hydrogen-bond acceptors (Lipinski definition) is 3. The van der Waals surface area contributed by atoms with Crippen LogP contribution in [0.1, 0.15) is 63.8 Å². The molecule has 3 heterocycles. The molecule has 2 aliphatic heterocycles. The van der Waals surface area contributed by atoms with Gasteiger partial charge in [-0.05, 0) is 76.9 Å². The summed E-state index contributed by atoms with van der Waals surface area (Å²) < 4.78 is 2.62. The van der Waals surface area contributed by atoms with Crippen molar-refractivity contribution in [2.75, 3.05) is 9.80 Å². The number of nitrogens with zero attached hydrogens (tertiary/aromatic N) is 2. The molecule has 0 aliphatic carbocycles. The smallest absolute Gasteiger partial charge is 0.0502 e. The Bertz CT molecular complexity index is 2210. The van der Waals surface area contributed by atoms with Gasteiger partial charge in [-0.15, -0.1) is 11.3 Å². The maximum absolute atomic E-state index is 2.45. The summed E-state index contributed by atoms with van der Waals surface area (Å²) in [6.45, 7) is 13.4. The van der Waals surface area contributed by atoms with Gasteiger partial charge in [0.15, 0.2) is 0 Å². The second-order valence-electron chi connectivity index (χ2n) is 13.5. The third-order valence-corrected chi connectivity index (χ3v) is 11.4. The van der Waals surface area contributed by atoms with Crippen molar-refractivity contribution >= 4 is 65.6 Å². The zero-order valence-corrected chi connectivity index (χ0v) is 28.8. The van der Waals surface area contributed by atoms with Crippen LogP contribution in [0.5, 0.6) is 0 Å².